The summed E-state index contributed by atoms with van der Waals surface area (Å²) in [6.07, 6.45) is 7.73. The zero-order chi connectivity index (χ0) is 14.9. The van der Waals surface area contributed by atoms with Crippen molar-refractivity contribution in [3.8, 4) is 0 Å². The smallest absolute Gasteiger partial charge is 0.214 e. The number of fused-ring (bicyclic) bond motifs is 2. The molecule has 3 atom stereocenters. The number of hydrogen-bond acceptors (Lipinski definition) is 4. The van der Waals surface area contributed by atoms with Crippen LogP contribution in [0.4, 0.5) is 0 Å². The zero-order valence-corrected chi connectivity index (χ0v) is 13.9. The van der Waals surface area contributed by atoms with Gasteiger partial charge in [-0.2, -0.15) is 0 Å². The van der Waals surface area contributed by atoms with Gasteiger partial charge in [-0.25, -0.2) is 12.7 Å². The lowest BCUT2D eigenvalue weighted by molar-refractivity contribution is 0.246. The van der Waals surface area contributed by atoms with Crippen molar-refractivity contribution in [2.24, 2.45) is 0 Å². The molecule has 0 aliphatic carbocycles. The first-order valence-electron chi connectivity index (χ1n) is 8.49. The second kappa shape index (κ2) is 6.52. The highest BCUT2D eigenvalue weighted by Gasteiger charge is 2.38. The molecule has 3 aliphatic rings. The molecule has 3 fully saturated rings. The lowest BCUT2D eigenvalue weighted by atomic mass is 10.0. The standard InChI is InChI=1S/C15H29N3O2S/c1-17-14-5-6-15(17)12-18(10-7-14)21(19,20)11-8-13-4-2-3-9-16-13/h13-16H,2-12H2,1H3. The molecule has 2 bridgehead atoms. The van der Waals surface area contributed by atoms with Gasteiger partial charge in [0.1, 0.15) is 0 Å². The van der Waals surface area contributed by atoms with E-state index in [1.165, 1.54) is 19.3 Å². The van der Waals surface area contributed by atoms with E-state index in [4.69, 9.17) is 0 Å². The lowest BCUT2D eigenvalue weighted by Crippen LogP contribution is -2.42. The molecule has 5 nitrogen and oxygen atoms in total. The fourth-order valence-electron chi connectivity index (χ4n) is 4.12. The molecule has 3 rings (SSSR count). The Morgan fingerprint density at radius 2 is 1.90 bits per heavy atom. The summed E-state index contributed by atoms with van der Waals surface area (Å²) >= 11 is 0. The maximum absolute atomic E-state index is 12.6. The van der Waals surface area contributed by atoms with E-state index in [0.717, 1.165) is 32.2 Å². The van der Waals surface area contributed by atoms with E-state index in [1.54, 1.807) is 4.31 Å². The van der Waals surface area contributed by atoms with E-state index in [2.05, 4.69) is 17.3 Å². The van der Waals surface area contributed by atoms with E-state index in [9.17, 15) is 8.42 Å². The predicted molar refractivity (Wildman–Crippen MR) is 84.8 cm³/mol. The van der Waals surface area contributed by atoms with Gasteiger partial charge < -0.3 is 5.32 Å². The molecule has 0 amide bonds. The quantitative estimate of drug-likeness (QED) is 0.841. The number of sulfonamides is 1. The van der Waals surface area contributed by atoms with Crippen molar-refractivity contribution in [3.05, 3.63) is 0 Å². The molecule has 21 heavy (non-hydrogen) atoms. The Balaban J connectivity index is 1.56. The molecule has 0 aromatic rings. The molecule has 0 aromatic carbocycles. The van der Waals surface area contributed by atoms with Gasteiger partial charge in [-0.3, -0.25) is 4.90 Å². The first-order valence-corrected chi connectivity index (χ1v) is 10.1. The summed E-state index contributed by atoms with van der Waals surface area (Å²) < 4.78 is 27.1. The number of nitrogens with zero attached hydrogens (tertiary/aromatic N) is 2. The number of rotatable bonds is 4. The monoisotopic (exact) mass is 315 g/mol. The molecule has 0 spiro atoms. The topological polar surface area (TPSA) is 52.7 Å². The minimum Gasteiger partial charge on any atom is -0.314 e. The summed E-state index contributed by atoms with van der Waals surface area (Å²) in [5.41, 5.74) is 0. The van der Waals surface area contributed by atoms with E-state index >= 15 is 0 Å². The third-order valence-electron chi connectivity index (χ3n) is 5.64. The van der Waals surface area contributed by atoms with E-state index in [-0.39, 0.29) is 0 Å². The average molecular weight is 315 g/mol. The zero-order valence-electron chi connectivity index (χ0n) is 13.1. The van der Waals surface area contributed by atoms with Crippen molar-refractivity contribution >= 4 is 10.0 Å². The normalized spacial score (nSPS) is 35.8. The molecule has 0 aromatic heterocycles. The van der Waals surface area contributed by atoms with E-state index in [0.29, 0.717) is 37.0 Å². The van der Waals surface area contributed by atoms with Crippen molar-refractivity contribution in [1.29, 1.82) is 0 Å². The lowest BCUT2D eigenvalue weighted by Gasteiger charge is -2.27. The van der Waals surface area contributed by atoms with Crippen molar-refractivity contribution in [3.63, 3.8) is 0 Å². The van der Waals surface area contributed by atoms with E-state index < -0.39 is 10.0 Å². The number of likely N-dealkylation sites (N-methyl/N-ethyl adjacent to an activating group) is 1. The Hall–Kier alpha value is -0.170. The number of hydrogen-bond donors (Lipinski definition) is 1. The highest BCUT2D eigenvalue weighted by molar-refractivity contribution is 7.89. The molecule has 3 aliphatic heterocycles. The van der Waals surface area contributed by atoms with Gasteiger partial charge in [0, 0.05) is 31.2 Å². The van der Waals surface area contributed by atoms with Gasteiger partial charge in [-0.05, 0) is 52.1 Å². The van der Waals surface area contributed by atoms with Crippen LogP contribution in [0, 0.1) is 0 Å². The van der Waals surface area contributed by atoms with Crippen molar-refractivity contribution in [1.82, 2.24) is 14.5 Å². The molecule has 3 saturated heterocycles. The van der Waals surface area contributed by atoms with Gasteiger partial charge in [0.25, 0.3) is 0 Å². The Morgan fingerprint density at radius 1 is 1.10 bits per heavy atom. The second-order valence-electron chi connectivity index (χ2n) is 6.95. The Kier molecular flexibility index (Phi) is 4.88. The molecule has 0 radical (unpaired) electrons. The summed E-state index contributed by atoms with van der Waals surface area (Å²) in [5.74, 6) is 0.311. The van der Waals surface area contributed by atoms with Gasteiger partial charge in [0.05, 0.1) is 5.75 Å². The molecule has 6 heteroatoms. The van der Waals surface area contributed by atoms with Gasteiger partial charge >= 0.3 is 0 Å². The van der Waals surface area contributed by atoms with Crippen LogP contribution in [0.5, 0.6) is 0 Å². The minimum atomic E-state index is -3.09. The van der Waals surface area contributed by atoms with Gasteiger partial charge in [-0.15, -0.1) is 0 Å². The Morgan fingerprint density at radius 3 is 2.67 bits per heavy atom. The fourth-order valence-corrected chi connectivity index (χ4v) is 5.74. The average Bonchev–Trinajstić information content (AvgIpc) is 2.70. The molecule has 3 unspecified atom stereocenters. The highest BCUT2D eigenvalue weighted by Crippen LogP contribution is 2.29. The van der Waals surface area contributed by atoms with Crippen LogP contribution in [0.1, 0.15) is 44.9 Å². The summed E-state index contributed by atoms with van der Waals surface area (Å²) in [4.78, 5) is 2.40. The van der Waals surface area contributed by atoms with Crippen LogP contribution in [0.25, 0.3) is 0 Å². The molecule has 3 heterocycles. The first kappa shape index (κ1) is 15.7. The third kappa shape index (κ3) is 3.60. The maximum atomic E-state index is 12.6. The summed E-state index contributed by atoms with van der Waals surface area (Å²) in [6.45, 7) is 2.46. The third-order valence-corrected chi connectivity index (χ3v) is 7.51. The Labute approximate surface area is 129 Å². The minimum absolute atomic E-state index is 0.311. The summed E-state index contributed by atoms with van der Waals surface area (Å²) in [5, 5.41) is 3.45. The van der Waals surface area contributed by atoms with Crippen molar-refractivity contribution < 1.29 is 8.42 Å². The van der Waals surface area contributed by atoms with Crippen molar-refractivity contribution in [2.75, 3.05) is 32.4 Å². The van der Waals surface area contributed by atoms with Crippen molar-refractivity contribution in [2.45, 2.75) is 63.1 Å². The van der Waals surface area contributed by atoms with Crippen LogP contribution >= 0.6 is 0 Å². The summed E-state index contributed by atoms with van der Waals surface area (Å²) in [6, 6.07) is 1.43. The predicted octanol–water partition coefficient (Wildman–Crippen LogP) is 1.02. The van der Waals surface area contributed by atoms with Crippen LogP contribution < -0.4 is 5.32 Å². The second-order valence-corrected chi connectivity index (χ2v) is 9.04. The summed E-state index contributed by atoms with van der Waals surface area (Å²) in [7, 11) is -0.928. The molecule has 122 valence electrons. The molecular formula is C15H29N3O2S. The van der Waals surface area contributed by atoms with Gasteiger partial charge in [-0.1, -0.05) is 6.42 Å². The number of piperidine rings is 1. The largest absolute Gasteiger partial charge is 0.314 e. The first-order chi connectivity index (χ1) is 10.1. The van der Waals surface area contributed by atoms with Crippen LogP contribution in [0.3, 0.4) is 0 Å². The maximum Gasteiger partial charge on any atom is 0.214 e. The molecule has 1 N–H and O–H groups in total. The number of nitrogens with one attached hydrogen (secondary N) is 1. The van der Waals surface area contributed by atoms with Crippen LogP contribution in [-0.4, -0.2) is 68.2 Å². The van der Waals surface area contributed by atoms with Crippen LogP contribution in [0.2, 0.25) is 0 Å². The van der Waals surface area contributed by atoms with Crippen LogP contribution in [0.15, 0.2) is 0 Å². The van der Waals surface area contributed by atoms with E-state index in [1.807, 2.05) is 0 Å². The molecule has 0 saturated carbocycles. The molecular weight excluding hydrogens is 286 g/mol. The highest BCUT2D eigenvalue weighted by atomic mass is 32.2. The van der Waals surface area contributed by atoms with Gasteiger partial charge in [0.15, 0.2) is 0 Å². The van der Waals surface area contributed by atoms with Gasteiger partial charge in [0.2, 0.25) is 10.0 Å². The Bertz CT molecular complexity index is 448. The van der Waals surface area contributed by atoms with Crippen LogP contribution in [-0.2, 0) is 10.0 Å². The fraction of sp³-hybridized carbons (Fsp3) is 1.00. The SMILES string of the molecule is CN1C2CCC1CN(S(=O)(=O)CCC1CCCCN1)CC2.